The zero-order chi connectivity index (χ0) is 20.9. The number of ether oxygens (including phenoxy) is 1. The Morgan fingerprint density at radius 3 is 2.66 bits per heavy atom. The minimum atomic E-state index is -1.28. The van der Waals surface area contributed by atoms with E-state index in [9.17, 15) is 19.1 Å². The normalized spacial score (nSPS) is 20.3. The Hall–Kier alpha value is -2.61. The second-order valence-corrected chi connectivity index (χ2v) is 8.01. The SMILES string of the molecule is CNC(C)[C@H]1CCN(c2c(C(=O)O)c(=O)c3cc(F)cc(OC)c3n2C2CC2)C1. The maximum absolute atomic E-state index is 14.1. The van der Waals surface area contributed by atoms with E-state index in [1.54, 1.807) is 0 Å². The van der Waals surface area contributed by atoms with E-state index in [4.69, 9.17) is 4.74 Å². The lowest BCUT2D eigenvalue weighted by molar-refractivity contribution is 0.0695. The highest BCUT2D eigenvalue weighted by Gasteiger charge is 2.37. The molecule has 0 bridgehead atoms. The molecule has 2 fully saturated rings. The summed E-state index contributed by atoms with van der Waals surface area (Å²) in [6.45, 7) is 3.42. The summed E-state index contributed by atoms with van der Waals surface area (Å²) >= 11 is 0. The third-order valence-corrected chi connectivity index (χ3v) is 6.24. The topological polar surface area (TPSA) is 83.8 Å². The number of carboxylic acids is 1. The number of halogens is 1. The first-order valence-electron chi connectivity index (χ1n) is 9.98. The standard InChI is InChI=1S/C21H26FN3O4/c1-11(23-2)12-6-7-24(10-12)20-17(21(27)28)19(26)15-8-13(22)9-16(29-3)18(15)25(20)14-4-5-14/h8-9,11-12,14,23H,4-7,10H2,1-3H3,(H,27,28)/t11?,12-/m0/s1. The number of carboxylic acid groups (broad SMARTS) is 1. The van der Waals surface area contributed by atoms with E-state index in [1.807, 2.05) is 16.5 Å². The zero-order valence-corrected chi connectivity index (χ0v) is 16.9. The van der Waals surface area contributed by atoms with Gasteiger partial charge in [0.1, 0.15) is 22.9 Å². The Morgan fingerprint density at radius 1 is 1.34 bits per heavy atom. The minimum absolute atomic E-state index is 0.0502. The molecular weight excluding hydrogens is 377 g/mol. The van der Waals surface area contributed by atoms with Gasteiger partial charge in [-0.25, -0.2) is 9.18 Å². The summed E-state index contributed by atoms with van der Waals surface area (Å²) < 4.78 is 21.4. The fourth-order valence-corrected chi connectivity index (χ4v) is 4.43. The monoisotopic (exact) mass is 403 g/mol. The molecule has 1 aromatic carbocycles. The first-order valence-corrected chi connectivity index (χ1v) is 9.98. The van der Waals surface area contributed by atoms with Crippen LogP contribution >= 0.6 is 0 Å². The van der Waals surface area contributed by atoms with Crippen LogP contribution in [0.25, 0.3) is 10.9 Å². The number of carbonyl (C=O) groups is 1. The van der Waals surface area contributed by atoms with Crippen LogP contribution in [0.1, 0.15) is 42.6 Å². The molecule has 4 rings (SSSR count). The smallest absolute Gasteiger partial charge is 0.343 e. The van der Waals surface area contributed by atoms with Crippen molar-refractivity contribution in [1.82, 2.24) is 9.88 Å². The van der Waals surface area contributed by atoms with Crippen LogP contribution in [-0.2, 0) is 0 Å². The van der Waals surface area contributed by atoms with Gasteiger partial charge in [-0.1, -0.05) is 0 Å². The largest absolute Gasteiger partial charge is 0.494 e. The van der Waals surface area contributed by atoms with Gasteiger partial charge in [0.05, 0.1) is 18.0 Å². The molecule has 2 aliphatic rings. The third kappa shape index (κ3) is 3.25. The summed E-state index contributed by atoms with van der Waals surface area (Å²) in [4.78, 5) is 27.4. The molecule has 1 saturated heterocycles. The Morgan fingerprint density at radius 2 is 2.07 bits per heavy atom. The number of pyridine rings is 1. The van der Waals surface area contributed by atoms with Gasteiger partial charge >= 0.3 is 5.97 Å². The van der Waals surface area contributed by atoms with Crippen LogP contribution in [0.2, 0.25) is 0 Å². The average molecular weight is 403 g/mol. The summed E-state index contributed by atoms with van der Waals surface area (Å²) in [7, 11) is 3.34. The van der Waals surface area contributed by atoms with Gasteiger partial charge in [-0.3, -0.25) is 4.79 Å². The van der Waals surface area contributed by atoms with Gasteiger partial charge < -0.3 is 24.6 Å². The average Bonchev–Trinajstić information content (AvgIpc) is 3.42. The van der Waals surface area contributed by atoms with E-state index in [1.165, 1.54) is 13.2 Å². The lowest BCUT2D eigenvalue weighted by Gasteiger charge is -2.28. The van der Waals surface area contributed by atoms with Crippen molar-refractivity contribution in [2.24, 2.45) is 5.92 Å². The zero-order valence-electron chi connectivity index (χ0n) is 16.9. The molecule has 0 spiro atoms. The van der Waals surface area contributed by atoms with Crippen LogP contribution in [0, 0.1) is 11.7 Å². The summed E-state index contributed by atoms with van der Waals surface area (Å²) in [5.41, 5.74) is -0.469. The Kier molecular flexibility index (Phi) is 4.98. The van der Waals surface area contributed by atoms with Gasteiger partial charge in [-0.05, 0) is 45.2 Å². The highest BCUT2D eigenvalue weighted by molar-refractivity contribution is 6.00. The summed E-state index contributed by atoms with van der Waals surface area (Å²) in [5.74, 6) is -0.887. The molecule has 2 atom stereocenters. The number of hydrogen-bond acceptors (Lipinski definition) is 5. The predicted octanol–water partition coefficient (Wildman–Crippen LogP) is 2.62. The molecule has 156 valence electrons. The lowest BCUT2D eigenvalue weighted by Crippen LogP contribution is -2.35. The predicted molar refractivity (Wildman–Crippen MR) is 109 cm³/mol. The number of benzene rings is 1. The molecule has 29 heavy (non-hydrogen) atoms. The summed E-state index contributed by atoms with van der Waals surface area (Å²) in [5, 5.41) is 13.2. The van der Waals surface area contributed by atoms with E-state index in [-0.39, 0.29) is 28.8 Å². The van der Waals surface area contributed by atoms with Crippen LogP contribution < -0.4 is 20.4 Å². The van der Waals surface area contributed by atoms with Crippen molar-refractivity contribution in [3.8, 4) is 5.75 Å². The maximum Gasteiger partial charge on any atom is 0.343 e. The van der Waals surface area contributed by atoms with Crippen LogP contribution in [0.4, 0.5) is 10.2 Å². The number of nitrogens with zero attached hydrogens (tertiary/aromatic N) is 2. The van der Waals surface area contributed by atoms with Crippen molar-refractivity contribution in [3.05, 3.63) is 33.7 Å². The second-order valence-electron chi connectivity index (χ2n) is 8.01. The number of fused-ring (bicyclic) bond motifs is 1. The van der Waals surface area contributed by atoms with Crippen molar-refractivity contribution in [2.75, 3.05) is 32.1 Å². The molecule has 7 nitrogen and oxygen atoms in total. The maximum atomic E-state index is 14.1. The van der Waals surface area contributed by atoms with E-state index >= 15 is 0 Å². The van der Waals surface area contributed by atoms with Crippen molar-refractivity contribution in [1.29, 1.82) is 0 Å². The number of methoxy groups -OCH3 is 1. The molecule has 1 saturated carbocycles. The Balaban J connectivity index is 2.01. The van der Waals surface area contributed by atoms with Crippen molar-refractivity contribution in [3.63, 3.8) is 0 Å². The fourth-order valence-electron chi connectivity index (χ4n) is 4.43. The molecule has 1 aliphatic carbocycles. The van der Waals surface area contributed by atoms with Gasteiger partial charge in [-0.2, -0.15) is 0 Å². The van der Waals surface area contributed by atoms with Gasteiger partial charge in [-0.15, -0.1) is 0 Å². The summed E-state index contributed by atoms with van der Waals surface area (Å²) in [6.07, 6.45) is 2.67. The molecule has 1 aliphatic heterocycles. The van der Waals surface area contributed by atoms with E-state index in [2.05, 4.69) is 12.2 Å². The molecule has 8 heteroatoms. The molecule has 1 aromatic heterocycles. The van der Waals surface area contributed by atoms with Gasteiger partial charge in [0.2, 0.25) is 5.43 Å². The number of hydrogen-bond donors (Lipinski definition) is 2. The van der Waals surface area contributed by atoms with E-state index < -0.39 is 17.2 Å². The van der Waals surface area contributed by atoms with Gasteiger partial charge in [0.25, 0.3) is 0 Å². The quantitative estimate of drug-likeness (QED) is 0.772. The Labute approximate surface area is 168 Å². The number of nitrogens with one attached hydrogen (secondary N) is 1. The van der Waals surface area contributed by atoms with Gasteiger partial charge in [0, 0.05) is 31.2 Å². The first kappa shape index (κ1) is 19.7. The van der Waals surface area contributed by atoms with Crippen molar-refractivity contribution in [2.45, 2.75) is 38.3 Å². The van der Waals surface area contributed by atoms with Crippen molar-refractivity contribution < 1.29 is 19.0 Å². The highest BCUT2D eigenvalue weighted by Crippen LogP contribution is 2.44. The Bertz CT molecular complexity index is 1030. The summed E-state index contributed by atoms with van der Waals surface area (Å²) in [6, 6.07) is 2.72. The van der Waals surface area contributed by atoms with Crippen LogP contribution in [0.5, 0.6) is 5.75 Å². The minimum Gasteiger partial charge on any atom is -0.494 e. The number of rotatable bonds is 6. The number of anilines is 1. The molecule has 0 amide bonds. The van der Waals surface area contributed by atoms with E-state index in [0.717, 1.165) is 25.3 Å². The molecular formula is C21H26FN3O4. The van der Waals surface area contributed by atoms with Gasteiger partial charge in [0.15, 0.2) is 0 Å². The molecule has 0 radical (unpaired) electrons. The second kappa shape index (κ2) is 7.33. The number of aromatic nitrogens is 1. The fraction of sp³-hybridized carbons (Fsp3) is 0.524. The van der Waals surface area contributed by atoms with Crippen LogP contribution in [0.15, 0.2) is 16.9 Å². The molecule has 2 N–H and O–H groups in total. The molecule has 2 aromatic rings. The number of aromatic carboxylic acids is 1. The third-order valence-electron chi connectivity index (χ3n) is 6.24. The van der Waals surface area contributed by atoms with Crippen molar-refractivity contribution >= 4 is 22.7 Å². The highest BCUT2D eigenvalue weighted by atomic mass is 19.1. The molecule has 1 unspecified atom stereocenters. The lowest BCUT2D eigenvalue weighted by atomic mass is 10.0. The van der Waals surface area contributed by atoms with E-state index in [0.29, 0.717) is 30.3 Å². The van der Waals surface area contributed by atoms with Crippen LogP contribution in [-0.4, -0.2) is 48.9 Å². The van der Waals surface area contributed by atoms with Crippen LogP contribution in [0.3, 0.4) is 0 Å². The molecule has 2 heterocycles. The first-order chi connectivity index (χ1) is 13.9.